The molecule has 21 heavy (non-hydrogen) atoms. The number of aromatic nitrogens is 4. The zero-order valence-corrected chi connectivity index (χ0v) is 13.9. The number of rotatable bonds is 5. The summed E-state index contributed by atoms with van der Waals surface area (Å²) in [6.07, 6.45) is 9.11. The molecule has 116 valence electrons. The van der Waals surface area contributed by atoms with E-state index in [4.69, 9.17) is 16.6 Å². The van der Waals surface area contributed by atoms with Crippen LogP contribution in [-0.4, -0.2) is 25.2 Å². The fraction of sp³-hybridized carbons (Fsp3) is 0.750. The summed E-state index contributed by atoms with van der Waals surface area (Å²) in [4.78, 5) is 4.78. The van der Waals surface area contributed by atoms with Gasteiger partial charge < -0.3 is 4.57 Å². The zero-order valence-electron chi connectivity index (χ0n) is 13.1. The largest absolute Gasteiger partial charge is 0.313 e. The van der Waals surface area contributed by atoms with Crippen molar-refractivity contribution in [3.05, 3.63) is 11.5 Å². The van der Waals surface area contributed by atoms with Gasteiger partial charge in [-0.1, -0.05) is 32.1 Å². The van der Waals surface area contributed by atoms with E-state index in [1.165, 1.54) is 38.5 Å². The Balaban J connectivity index is 1.85. The quantitative estimate of drug-likeness (QED) is 0.787. The average molecular weight is 309 g/mol. The molecule has 5 heteroatoms. The number of imidazole rings is 1. The number of hydrogen-bond donors (Lipinski definition) is 0. The minimum atomic E-state index is 0.624. The number of alkyl halides is 1. The van der Waals surface area contributed by atoms with Crippen LogP contribution in [0, 0.1) is 12.8 Å². The van der Waals surface area contributed by atoms with Gasteiger partial charge in [0.25, 0.3) is 0 Å². The molecule has 1 saturated carbocycles. The molecule has 0 N–H and O–H groups in total. The summed E-state index contributed by atoms with van der Waals surface area (Å²) in [5.41, 5.74) is 3.21. The molecule has 1 fully saturated rings. The van der Waals surface area contributed by atoms with Crippen molar-refractivity contribution in [2.24, 2.45) is 13.0 Å². The molecule has 0 unspecified atom stereocenters. The molecule has 1 aliphatic carbocycles. The molecule has 2 aromatic heterocycles. The summed E-state index contributed by atoms with van der Waals surface area (Å²) >= 11 is 5.96. The van der Waals surface area contributed by atoms with Crippen molar-refractivity contribution < 1.29 is 0 Å². The minimum absolute atomic E-state index is 0.624. The first kappa shape index (κ1) is 14.9. The second-order valence-corrected chi connectivity index (χ2v) is 6.67. The molecule has 0 bridgehead atoms. The van der Waals surface area contributed by atoms with Gasteiger partial charge in [0.1, 0.15) is 11.3 Å². The summed E-state index contributed by atoms with van der Waals surface area (Å²) < 4.78 is 4.32. The normalized spacial score (nSPS) is 16.9. The number of halogens is 1. The van der Waals surface area contributed by atoms with Gasteiger partial charge in [0.05, 0.1) is 5.69 Å². The van der Waals surface area contributed by atoms with Crippen molar-refractivity contribution in [2.75, 3.05) is 5.88 Å². The lowest BCUT2D eigenvalue weighted by molar-refractivity contribution is 0.323. The summed E-state index contributed by atoms with van der Waals surface area (Å²) in [6.45, 7) is 3.08. The Labute approximate surface area is 131 Å². The summed E-state index contributed by atoms with van der Waals surface area (Å²) in [7, 11) is 2.01. The maximum atomic E-state index is 5.96. The molecule has 2 heterocycles. The van der Waals surface area contributed by atoms with Crippen LogP contribution in [0.4, 0.5) is 0 Å². The van der Waals surface area contributed by atoms with Gasteiger partial charge in [0.15, 0.2) is 5.65 Å². The van der Waals surface area contributed by atoms with E-state index < -0.39 is 0 Å². The third kappa shape index (κ3) is 2.96. The zero-order chi connectivity index (χ0) is 14.8. The topological polar surface area (TPSA) is 35.6 Å². The Bertz CT molecular complexity index is 607. The van der Waals surface area contributed by atoms with E-state index in [0.717, 1.165) is 41.6 Å². The Morgan fingerprint density at radius 1 is 1.24 bits per heavy atom. The van der Waals surface area contributed by atoms with Crippen LogP contribution in [-0.2, 0) is 20.0 Å². The maximum absolute atomic E-state index is 5.96. The van der Waals surface area contributed by atoms with Crippen molar-refractivity contribution in [2.45, 2.75) is 58.4 Å². The molecule has 0 spiro atoms. The summed E-state index contributed by atoms with van der Waals surface area (Å²) in [6, 6.07) is 0. The van der Waals surface area contributed by atoms with Crippen LogP contribution < -0.4 is 0 Å². The minimum Gasteiger partial charge on any atom is -0.313 e. The average Bonchev–Trinajstić information content (AvgIpc) is 2.97. The van der Waals surface area contributed by atoms with E-state index in [0.29, 0.717) is 5.88 Å². The number of nitrogens with zero attached hydrogens (tertiary/aromatic N) is 4. The third-order valence-electron chi connectivity index (χ3n) is 4.77. The number of fused-ring (bicyclic) bond motifs is 1. The molecule has 0 amide bonds. The molecule has 0 saturated heterocycles. The smallest absolute Gasteiger partial charge is 0.158 e. The molecule has 3 rings (SSSR count). The molecule has 0 aromatic carbocycles. The fourth-order valence-electron chi connectivity index (χ4n) is 3.68. The second-order valence-electron chi connectivity index (χ2n) is 6.29. The van der Waals surface area contributed by atoms with Crippen molar-refractivity contribution in [3.63, 3.8) is 0 Å². The van der Waals surface area contributed by atoms with Gasteiger partial charge in [-0.05, 0) is 19.3 Å². The van der Waals surface area contributed by atoms with Gasteiger partial charge in [-0.2, -0.15) is 5.10 Å². The summed E-state index contributed by atoms with van der Waals surface area (Å²) in [5, 5.41) is 4.51. The van der Waals surface area contributed by atoms with E-state index in [1.54, 1.807) is 0 Å². The first-order valence-electron chi connectivity index (χ1n) is 8.15. The number of aryl methyl sites for hydroxylation is 4. The molecule has 0 atom stereocenters. The third-order valence-corrected chi connectivity index (χ3v) is 4.96. The van der Waals surface area contributed by atoms with Crippen molar-refractivity contribution in [1.29, 1.82) is 0 Å². The van der Waals surface area contributed by atoms with Crippen LogP contribution >= 0.6 is 11.6 Å². The van der Waals surface area contributed by atoms with Crippen LogP contribution in [0.15, 0.2) is 0 Å². The second kappa shape index (κ2) is 6.39. The van der Waals surface area contributed by atoms with Crippen molar-refractivity contribution >= 4 is 22.8 Å². The highest BCUT2D eigenvalue weighted by Gasteiger charge is 2.19. The lowest BCUT2D eigenvalue weighted by Crippen LogP contribution is -2.13. The molecule has 0 radical (unpaired) electrons. The molecular formula is C16H25ClN4. The fourth-order valence-corrected chi connectivity index (χ4v) is 3.85. The Morgan fingerprint density at radius 2 is 2.00 bits per heavy atom. The Kier molecular flexibility index (Phi) is 4.53. The lowest BCUT2D eigenvalue weighted by Gasteiger charge is -2.22. The van der Waals surface area contributed by atoms with Gasteiger partial charge in [-0.15, -0.1) is 11.6 Å². The van der Waals surface area contributed by atoms with Crippen LogP contribution in [0.5, 0.6) is 0 Å². The van der Waals surface area contributed by atoms with E-state index >= 15 is 0 Å². The highest BCUT2D eigenvalue weighted by Crippen LogP contribution is 2.28. The van der Waals surface area contributed by atoms with Gasteiger partial charge in [-0.3, -0.25) is 4.68 Å². The van der Waals surface area contributed by atoms with Gasteiger partial charge in [0.2, 0.25) is 0 Å². The highest BCUT2D eigenvalue weighted by atomic mass is 35.5. The van der Waals surface area contributed by atoms with E-state index in [2.05, 4.69) is 9.67 Å². The SMILES string of the molecule is Cc1nn(C)c2c1nc(CCCl)n2CCC1CCCCC1. The van der Waals surface area contributed by atoms with Crippen molar-refractivity contribution in [1.82, 2.24) is 19.3 Å². The molecule has 0 aliphatic heterocycles. The van der Waals surface area contributed by atoms with Gasteiger partial charge >= 0.3 is 0 Å². The van der Waals surface area contributed by atoms with Gasteiger partial charge in [-0.25, -0.2) is 4.98 Å². The maximum Gasteiger partial charge on any atom is 0.158 e. The van der Waals surface area contributed by atoms with Crippen LogP contribution in [0.25, 0.3) is 11.2 Å². The predicted molar refractivity (Wildman–Crippen MR) is 86.9 cm³/mol. The van der Waals surface area contributed by atoms with Gasteiger partial charge in [0, 0.05) is 25.9 Å². The van der Waals surface area contributed by atoms with E-state index in [-0.39, 0.29) is 0 Å². The Morgan fingerprint density at radius 3 is 2.71 bits per heavy atom. The molecule has 2 aromatic rings. The first-order chi connectivity index (χ1) is 10.2. The van der Waals surface area contributed by atoms with E-state index in [1.807, 2.05) is 18.7 Å². The lowest BCUT2D eigenvalue weighted by atomic mass is 9.87. The first-order valence-corrected chi connectivity index (χ1v) is 8.69. The Hall–Kier alpha value is -1.03. The predicted octanol–water partition coefficient (Wildman–Crippen LogP) is 3.83. The summed E-state index contributed by atoms with van der Waals surface area (Å²) in [5.74, 6) is 2.63. The number of hydrogen-bond acceptors (Lipinski definition) is 2. The standard InChI is InChI=1S/C16H25ClN4/c1-12-15-16(20(2)19-12)21(14(18-15)8-10-17)11-9-13-6-4-3-5-7-13/h13H,3-11H2,1-2H3. The highest BCUT2D eigenvalue weighted by molar-refractivity contribution is 6.17. The molecular weight excluding hydrogens is 284 g/mol. The monoisotopic (exact) mass is 308 g/mol. The molecule has 4 nitrogen and oxygen atoms in total. The van der Waals surface area contributed by atoms with Crippen molar-refractivity contribution in [3.8, 4) is 0 Å². The van der Waals surface area contributed by atoms with E-state index in [9.17, 15) is 0 Å². The van der Waals surface area contributed by atoms with Crippen LogP contribution in [0.3, 0.4) is 0 Å². The van der Waals surface area contributed by atoms with Crippen LogP contribution in [0.1, 0.15) is 50.0 Å². The van der Waals surface area contributed by atoms with Crippen LogP contribution in [0.2, 0.25) is 0 Å². The molecule has 1 aliphatic rings.